The van der Waals surface area contributed by atoms with Crippen LogP contribution in [0.15, 0.2) is 23.1 Å². The van der Waals surface area contributed by atoms with Crippen molar-refractivity contribution in [3.05, 3.63) is 23.2 Å². The van der Waals surface area contributed by atoms with Crippen LogP contribution in [0.2, 0.25) is 5.02 Å². The Morgan fingerprint density at radius 3 is 2.71 bits per heavy atom. The molecule has 0 amide bonds. The number of thioether (sulfide) groups is 1. The number of anilines is 1. The van der Waals surface area contributed by atoms with Gasteiger partial charge in [0.2, 0.25) is 10.0 Å². The highest BCUT2D eigenvalue weighted by Gasteiger charge is 2.19. The second-order valence-electron chi connectivity index (χ2n) is 3.66. The van der Waals surface area contributed by atoms with E-state index in [4.69, 9.17) is 17.3 Å². The highest BCUT2D eigenvalue weighted by molar-refractivity contribution is 7.98. The van der Waals surface area contributed by atoms with E-state index in [1.807, 2.05) is 6.26 Å². The summed E-state index contributed by atoms with van der Waals surface area (Å²) >= 11 is 7.30. The lowest BCUT2D eigenvalue weighted by molar-refractivity contribution is 0.571. The molecular formula is C10H15ClN2O2S2. The molecule has 1 atom stereocenters. The third-order valence-corrected chi connectivity index (χ3v) is 4.77. The second-order valence-corrected chi connectivity index (χ2v) is 6.69. The van der Waals surface area contributed by atoms with Crippen LogP contribution >= 0.6 is 23.4 Å². The summed E-state index contributed by atoms with van der Waals surface area (Å²) in [6.45, 7) is 1.81. The molecule has 1 rings (SSSR count). The number of sulfonamides is 1. The van der Waals surface area contributed by atoms with E-state index in [2.05, 4.69) is 4.72 Å². The van der Waals surface area contributed by atoms with Crippen molar-refractivity contribution in [2.75, 3.05) is 17.7 Å². The molecule has 3 N–H and O–H groups in total. The van der Waals surface area contributed by atoms with Crippen LogP contribution in [0.4, 0.5) is 5.69 Å². The first-order chi connectivity index (χ1) is 7.86. The van der Waals surface area contributed by atoms with E-state index in [0.29, 0.717) is 10.8 Å². The maximum atomic E-state index is 12.0. The monoisotopic (exact) mass is 294 g/mol. The Bertz CT molecular complexity index is 491. The molecule has 4 nitrogen and oxygen atoms in total. The van der Waals surface area contributed by atoms with E-state index < -0.39 is 10.0 Å². The summed E-state index contributed by atoms with van der Waals surface area (Å²) in [5.74, 6) is 0.701. The topological polar surface area (TPSA) is 72.2 Å². The molecule has 96 valence electrons. The van der Waals surface area contributed by atoms with Crippen molar-refractivity contribution in [1.82, 2.24) is 4.72 Å². The van der Waals surface area contributed by atoms with Gasteiger partial charge in [-0.3, -0.25) is 0 Å². The number of hydrogen-bond donors (Lipinski definition) is 2. The van der Waals surface area contributed by atoms with Crippen molar-refractivity contribution in [2.24, 2.45) is 0 Å². The van der Waals surface area contributed by atoms with Crippen LogP contribution in [-0.2, 0) is 10.0 Å². The quantitative estimate of drug-likeness (QED) is 0.814. The molecule has 0 aromatic heterocycles. The van der Waals surface area contributed by atoms with Gasteiger partial charge in [0, 0.05) is 16.8 Å². The summed E-state index contributed by atoms with van der Waals surface area (Å²) in [6.07, 6.45) is 1.92. The highest BCUT2D eigenvalue weighted by atomic mass is 35.5. The minimum Gasteiger partial charge on any atom is -0.398 e. The predicted octanol–water partition coefficient (Wildman–Crippen LogP) is 1.95. The zero-order valence-electron chi connectivity index (χ0n) is 9.60. The van der Waals surface area contributed by atoms with Crippen LogP contribution in [0.3, 0.4) is 0 Å². The number of benzene rings is 1. The van der Waals surface area contributed by atoms with E-state index in [1.54, 1.807) is 18.7 Å². The molecule has 0 aliphatic rings. The maximum Gasteiger partial charge on any atom is 0.242 e. The van der Waals surface area contributed by atoms with Crippen LogP contribution in [0.1, 0.15) is 6.92 Å². The molecule has 0 saturated carbocycles. The van der Waals surface area contributed by atoms with Crippen LogP contribution in [0, 0.1) is 0 Å². The lowest BCUT2D eigenvalue weighted by Crippen LogP contribution is -2.34. The lowest BCUT2D eigenvalue weighted by Gasteiger charge is -2.14. The van der Waals surface area contributed by atoms with Crippen LogP contribution < -0.4 is 10.5 Å². The third-order valence-electron chi connectivity index (χ3n) is 2.03. The highest BCUT2D eigenvalue weighted by Crippen LogP contribution is 2.22. The number of nitrogens with two attached hydrogens (primary N) is 1. The summed E-state index contributed by atoms with van der Waals surface area (Å²) in [7, 11) is -3.58. The Labute approximate surface area is 111 Å². The molecule has 0 fully saturated rings. The number of halogens is 1. The smallest absolute Gasteiger partial charge is 0.242 e. The van der Waals surface area contributed by atoms with Gasteiger partial charge in [-0.2, -0.15) is 11.8 Å². The summed E-state index contributed by atoms with van der Waals surface area (Å²) in [4.78, 5) is 0.0647. The first kappa shape index (κ1) is 14.6. The Morgan fingerprint density at radius 1 is 1.53 bits per heavy atom. The summed E-state index contributed by atoms with van der Waals surface area (Å²) < 4.78 is 26.6. The van der Waals surface area contributed by atoms with Crippen molar-refractivity contribution in [1.29, 1.82) is 0 Å². The minimum absolute atomic E-state index is 0.0647. The van der Waals surface area contributed by atoms with Gasteiger partial charge in [0.25, 0.3) is 0 Å². The van der Waals surface area contributed by atoms with Crippen LogP contribution in [-0.4, -0.2) is 26.5 Å². The van der Waals surface area contributed by atoms with Gasteiger partial charge in [-0.05, 0) is 31.4 Å². The van der Waals surface area contributed by atoms with E-state index in [9.17, 15) is 8.42 Å². The molecule has 0 heterocycles. The maximum absolute atomic E-state index is 12.0. The molecule has 1 aromatic carbocycles. The zero-order valence-corrected chi connectivity index (χ0v) is 12.0. The zero-order chi connectivity index (χ0) is 13.1. The summed E-state index contributed by atoms with van der Waals surface area (Å²) in [6, 6.07) is 4.19. The fourth-order valence-electron chi connectivity index (χ4n) is 1.38. The number of nitrogens with one attached hydrogen (secondary N) is 1. The van der Waals surface area contributed by atoms with Gasteiger partial charge in [0.1, 0.15) is 4.90 Å². The van der Waals surface area contributed by atoms with Crippen LogP contribution in [0.5, 0.6) is 0 Å². The molecular weight excluding hydrogens is 280 g/mol. The van der Waals surface area contributed by atoms with Gasteiger partial charge >= 0.3 is 0 Å². The van der Waals surface area contributed by atoms with Gasteiger partial charge in [0.15, 0.2) is 0 Å². The van der Waals surface area contributed by atoms with Crippen molar-refractivity contribution in [2.45, 2.75) is 17.9 Å². The molecule has 0 spiro atoms. The minimum atomic E-state index is -3.58. The molecule has 17 heavy (non-hydrogen) atoms. The number of rotatable bonds is 5. The molecule has 7 heteroatoms. The van der Waals surface area contributed by atoms with Gasteiger partial charge in [-0.25, -0.2) is 13.1 Å². The fourth-order valence-corrected chi connectivity index (χ4v) is 3.60. The molecule has 0 saturated heterocycles. The molecule has 0 radical (unpaired) electrons. The van der Waals surface area contributed by atoms with Crippen molar-refractivity contribution >= 4 is 39.1 Å². The first-order valence-electron chi connectivity index (χ1n) is 4.93. The van der Waals surface area contributed by atoms with Crippen LogP contribution in [0.25, 0.3) is 0 Å². The average molecular weight is 295 g/mol. The van der Waals surface area contributed by atoms with E-state index in [1.165, 1.54) is 18.2 Å². The first-order valence-corrected chi connectivity index (χ1v) is 8.18. The van der Waals surface area contributed by atoms with Gasteiger partial charge < -0.3 is 5.73 Å². The van der Waals surface area contributed by atoms with E-state index in [-0.39, 0.29) is 16.6 Å². The molecule has 1 aromatic rings. The largest absolute Gasteiger partial charge is 0.398 e. The Morgan fingerprint density at radius 2 is 2.18 bits per heavy atom. The normalized spacial score (nSPS) is 13.6. The van der Waals surface area contributed by atoms with Crippen molar-refractivity contribution in [3.63, 3.8) is 0 Å². The van der Waals surface area contributed by atoms with E-state index in [0.717, 1.165) is 0 Å². The standard InChI is InChI=1S/C10H15ClN2O2S2/c1-7(6-16-2)13-17(14,15)10-4-3-8(11)5-9(10)12/h3-5,7,13H,6,12H2,1-2H3. The van der Waals surface area contributed by atoms with Crippen molar-refractivity contribution < 1.29 is 8.42 Å². The Kier molecular flexibility index (Phi) is 5.12. The molecule has 1 unspecified atom stereocenters. The van der Waals surface area contributed by atoms with Gasteiger partial charge in [0.05, 0.1) is 5.69 Å². The molecule has 0 bridgehead atoms. The third kappa shape index (κ3) is 4.06. The summed E-state index contributed by atoms with van der Waals surface area (Å²) in [5.41, 5.74) is 5.80. The predicted molar refractivity (Wildman–Crippen MR) is 74.0 cm³/mol. The second kappa shape index (κ2) is 5.95. The molecule has 0 aliphatic carbocycles. The average Bonchev–Trinajstić information content (AvgIpc) is 2.15. The van der Waals surface area contributed by atoms with E-state index >= 15 is 0 Å². The fraction of sp³-hybridized carbons (Fsp3) is 0.400. The van der Waals surface area contributed by atoms with Gasteiger partial charge in [-0.1, -0.05) is 11.6 Å². The van der Waals surface area contributed by atoms with Crippen molar-refractivity contribution in [3.8, 4) is 0 Å². The number of hydrogen-bond acceptors (Lipinski definition) is 4. The SMILES string of the molecule is CSCC(C)NS(=O)(=O)c1ccc(Cl)cc1N. The molecule has 0 aliphatic heterocycles. The Hall–Kier alpha value is -0.430. The Balaban J connectivity index is 2.97. The van der Waals surface area contributed by atoms with Gasteiger partial charge in [-0.15, -0.1) is 0 Å². The lowest BCUT2D eigenvalue weighted by atomic mass is 10.3. The summed E-state index contributed by atoms with van der Waals surface area (Å²) in [5, 5.41) is 0.415. The number of nitrogen functional groups attached to an aromatic ring is 1.